The highest BCUT2D eigenvalue weighted by Crippen LogP contribution is 2.40. The number of hydrogen-bond acceptors (Lipinski definition) is 1. The highest BCUT2D eigenvalue weighted by molar-refractivity contribution is 5.33. The number of halogens is 2. The van der Waals surface area contributed by atoms with Crippen molar-refractivity contribution in [3.05, 3.63) is 29.3 Å². The van der Waals surface area contributed by atoms with Crippen LogP contribution in [0.1, 0.15) is 96.0 Å². The van der Waals surface area contributed by atoms with Crippen LogP contribution in [0.15, 0.2) is 12.1 Å². The Balaban J connectivity index is 1.89. The molecule has 1 aromatic rings. The van der Waals surface area contributed by atoms with Crippen LogP contribution in [0, 0.1) is 17.6 Å². The van der Waals surface area contributed by atoms with Gasteiger partial charge in [-0.05, 0) is 55.6 Å². The lowest BCUT2D eigenvalue weighted by molar-refractivity contribution is 0.280. The number of ether oxygens (including phenoxy) is 1. The van der Waals surface area contributed by atoms with E-state index in [9.17, 15) is 8.78 Å². The van der Waals surface area contributed by atoms with E-state index in [1.54, 1.807) is 12.1 Å². The summed E-state index contributed by atoms with van der Waals surface area (Å²) in [6.45, 7) is 4.78. The number of unbranched alkanes of at least 4 members (excludes halogenated alkanes) is 4. The van der Waals surface area contributed by atoms with Gasteiger partial charge in [-0.1, -0.05) is 58.4 Å². The monoisotopic (exact) mass is 352 g/mol. The van der Waals surface area contributed by atoms with Gasteiger partial charge in [0.2, 0.25) is 5.82 Å². The molecule has 0 atom stereocenters. The molecule has 0 aromatic heterocycles. The lowest BCUT2D eigenvalue weighted by Crippen LogP contribution is -2.15. The third kappa shape index (κ3) is 5.97. The van der Waals surface area contributed by atoms with E-state index in [1.807, 2.05) is 0 Å². The van der Waals surface area contributed by atoms with Crippen LogP contribution < -0.4 is 4.74 Å². The Morgan fingerprint density at radius 3 is 2.24 bits per heavy atom. The third-order valence-electron chi connectivity index (χ3n) is 5.58. The highest BCUT2D eigenvalue weighted by atomic mass is 19.2. The topological polar surface area (TPSA) is 9.23 Å². The van der Waals surface area contributed by atoms with Crippen LogP contribution in [0.3, 0.4) is 0 Å². The molecule has 0 heterocycles. The molecular formula is C22H34F2O. The third-order valence-corrected chi connectivity index (χ3v) is 5.58. The normalized spacial score (nSPS) is 20.6. The van der Waals surface area contributed by atoms with Gasteiger partial charge in [-0.25, -0.2) is 4.39 Å². The summed E-state index contributed by atoms with van der Waals surface area (Å²) in [7, 11) is 0. The fraction of sp³-hybridized carbons (Fsp3) is 0.727. The zero-order valence-electron chi connectivity index (χ0n) is 16.0. The van der Waals surface area contributed by atoms with E-state index in [-0.39, 0.29) is 11.7 Å². The van der Waals surface area contributed by atoms with Crippen molar-refractivity contribution in [2.45, 2.75) is 90.4 Å². The summed E-state index contributed by atoms with van der Waals surface area (Å²) in [5.41, 5.74) is 0.547. The highest BCUT2D eigenvalue weighted by Gasteiger charge is 2.26. The molecule has 2 rings (SSSR count). The Morgan fingerprint density at radius 1 is 0.880 bits per heavy atom. The van der Waals surface area contributed by atoms with Crippen molar-refractivity contribution < 1.29 is 13.5 Å². The molecule has 1 aromatic carbocycles. The first kappa shape index (κ1) is 20.2. The van der Waals surface area contributed by atoms with Gasteiger partial charge in [-0.15, -0.1) is 0 Å². The largest absolute Gasteiger partial charge is 0.490 e. The van der Waals surface area contributed by atoms with Gasteiger partial charge in [0.25, 0.3) is 0 Å². The van der Waals surface area contributed by atoms with Gasteiger partial charge in [-0.3, -0.25) is 0 Å². The van der Waals surface area contributed by atoms with Crippen molar-refractivity contribution >= 4 is 0 Å². The van der Waals surface area contributed by atoms with Gasteiger partial charge in [0, 0.05) is 0 Å². The minimum atomic E-state index is -0.806. The molecule has 0 amide bonds. The van der Waals surface area contributed by atoms with Gasteiger partial charge in [0.05, 0.1) is 6.61 Å². The van der Waals surface area contributed by atoms with Crippen LogP contribution in [-0.2, 0) is 0 Å². The van der Waals surface area contributed by atoms with E-state index in [4.69, 9.17) is 4.74 Å². The van der Waals surface area contributed by atoms with Crippen molar-refractivity contribution in [2.75, 3.05) is 6.61 Å². The van der Waals surface area contributed by atoms with Crippen LogP contribution in [0.5, 0.6) is 5.75 Å². The maximum atomic E-state index is 14.5. The maximum absolute atomic E-state index is 14.5. The van der Waals surface area contributed by atoms with Gasteiger partial charge >= 0.3 is 0 Å². The fourth-order valence-electron chi connectivity index (χ4n) is 3.95. The van der Waals surface area contributed by atoms with Gasteiger partial charge in [-0.2, -0.15) is 4.39 Å². The van der Waals surface area contributed by atoms with Crippen LogP contribution in [0.4, 0.5) is 8.78 Å². The summed E-state index contributed by atoms with van der Waals surface area (Å²) < 4.78 is 34.2. The summed E-state index contributed by atoms with van der Waals surface area (Å²) in [6, 6.07) is 3.36. The second kappa shape index (κ2) is 10.8. The van der Waals surface area contributed by atoms with E-state index in [0.29, 0.717) is 12.2 Å². The quantitative estimate of drug-likeness (QED) is 0.399. The molecule has 1 nitrogen and oxygen atoms in total. The van der Waals surface area contributed by atoms with Crippen LogP contribution in [-0.4, -0.2) is 6.61 Å². The van der Waals surface area contributed by atoms with Gasteiger partial charge < -0.3 is 4.74 Å². The Labute approximate surface area is 152 Å². The molecule has 25 heavy (non-hydrogen) atoms. The Hall–Kier alpha value is -1.12. The lowest BCUT2D eigenvalue weighted by Gasteiger charge is -2.29. The van der Waals surface area contributed by atoms with Crippen molar-refractivity contribution in [2.24, 2.45) is 5.92 Å². The van der Waals surface area contributed by atoms with Crippen molar-refractivity contribution in [3.63, 3.8) is 0 Å². The first-order valence-electron chi connectivity index (χ1n) is 10.3. The summed E-state index contributed by atoms with van der Waals surface area (Å²) in [5.74, 6) is -0.505. The fourth-order valence-corrected chi connectivity index (χ4v) is 3.95. The second-order valence-electron chi connectivity index (χ2n) is 7.55. The van der Waals surface area contributed by atoms with E-state index in [0.717, 1.165) is 50.9 Å². The molecule has 0 N–H and O–H groups in total. The zero-order chi connectivity index (χ0) is 18.1. The van der Waals surface area contributed by atoms with Crippen LogP contribution in [0.25, 0.3) is 0 Å². The molecule has 0 bridgehead atoms. The Kier molecular flexibility index (Phi) is 8.71. The molecule has 3 heteroatoms. The first-order valence-corrected chi connectivity index (χ1v) is 10.3. The predicted octanol–water partition coefficient (Wildman–Crippen LogP) is 7.39. The molecule has 1 aliphatic carbocycles. The summed E-state index contributed by atoms with van der Waals surface area (Å²) in [4.78, 5) is 0. The van der Waals surface area contributed by atoms with Gasteiger partial charge in [0.15, 0.2) is 11.6 Å². The predicted molar refractivity (Wildman–Crippen MR) is 100 cm³/mol. The minimum Gasteiger partial charge on any atom is -0.490 e. The standard InChI is InChI=1S/C22H34F2O/c1-3-5-7-9-17-10-12-18(13-11-17)19-14-15-20(22(24)21(19)23)25-16-8-6-4-2/h14-15,17-18H,3-13,16H2,1-2H3. The maximum Gasteiger partial charge on any atom is 0.200 e. The Morgan fingerprint density at radius 2 is 1.56 bits per heavy atom. The van der Waals surface area contributed by atoms with Crippen molar-refractivity contribution in [1.82, 2.24) is 0 Å². The molecule has 1 aliphatic rings. The number of hydrogen-bond donors (Lipinski definition) is 0. The zero-order valence-corrected chi connectivity index (χ0v) is 16.0. The summed E-state index contributed by atoms with van der Waals surface area (Å²) >= 11 is 0. The summed E-state index contributed by atoms with van der Waals surface area (Å²) in [5, 5.41) is 0. The molecule has 142 valence electrons. The average molecular weight is 353 g/mol. The molecule has 0 radical (unpaired) electrons. The molecule has 1 fully saturated rings. The number of rotatable bonds is 10. The van der Waals surface area contributed by atoms with E-state index >= 15 is 0 Å². The first-order chi connectivity index (χ1) is 12.2. The molecule has 0 unspecified atom stereocenters. The lowest BCUT2D eigenvalue weighted by atomic mass is 9.77. The summed E-state index contributed by atoms with van der Waals surface area (Å²) in [6.07, 6.45) is 12.4. The molecule has 1 saturated carbocycles. The van der Waals surface area contributed by atoms with Crippen molar-refractivity contribution in [1.29, 1.82) is 0 Å². The average Bonchev–Trinajstić information content (AvgIpc) is 2.63. The van der Waals surface area contributed by atoms with Crippen LogP contribution in [0.2, 0.25) is 0 Å². The molecule has 0 spiro atoms. The number of benzene rings is 1. The smallest absolute Gasteiger partial charge is 0.200 e. The van der Waals surface area contributed by atoms with Crippen molar-refractivity contribution in [3.8, 4) is 5.75 Å². The second-order valence-corrected chi connectivity index (χ2v) is 7.55. The molecule has 0 saturated heterocycles. The molecular weight excluding hydrogens is 318 g/mol. The van der Waals surface area contributed by atoms with E-state index < -0.39 is 11.6 Å². The minimum absolute atomic E-state index is 0.0607. The SMILES string of the molecule is CCCCCOc1ccc(C2CCC(CCCCC)CC2)c(F)c1F. The van der Waals surface area contributed by atoms with Gasteiger partial charge in [0.1, 0.15) is 0 Å². The van der Waals surface area contributed by atoms with E-state index in [1.165, 1.54) is 25.7 Å². The molecule has 0 aliphatic heterocycles. The van der Waals surface area contributed by atoms with Crippen LogP contribution >= 0.6 is 0 Å². The Bertz CT molecular complexity index is 507. The van der Waals surface area contributed by atoms with E-state index in [2.05, 4.69) is 13.8 Å².